The van der Waals surface area contributed by atoms with Gasteiger partial charge in [0.05, 0.1) is 4.90 Å². The molecule has 1 amide bonds. The summed E-state index contributed by atoms with van der Waals surface area (Å²) in [5.74, 6) is 0.0635. The lowest BCUT2D eigenvalue weighted by Crippen LogP contribution is -2.32. The first-order valence-corrected chi connectivity index (χ1v) is 9.82. The number of benzene rings is 1. The van der Waals surface area contributed by atoms with Crippen LogP contribution in [0.4, 0.5) is 0 Å². The minimum atomic E-state index is -3.65. The summed E-state index contributed by atoms with van der Waals surface area (Å²) in [5.41, 5.74) is 1.55. The highest BCUT2D eigenvalue weighted by Crippen LogP contribution is 2.28. The molecule has 1 N–H and O–H groups in total. The van der Waals surface area contributed by atoms with Gasteiger partial charge in [-0.25, -0.2) is 8.42 Å². The zero-order valence-corrected chi connectivity index (χ0v) is 15.6. The lowest BCUT2D eigenvalue weighted by atomic mass is 10.1. The number of hydrogen-bond donors (Lipinski definition) is 1. The Morgan fingerprint density at radius 2 is 1.84 bits per heavy atom. The predicted molar refractivity (Wildman–Crippen MR) is 97.8 cm³/mol. The van der Waals surface area contributed by atoms with Gasteiger partial charge in [-0.05, 0) is 36.6 Å². The van der Waals surface area contributed by atoms with Crippen LogP contribution in [0.5, 0.6) is 0 Å². The van der Waals surface area contributed by atoms with Crippen LogP contribution in [0.3, 0.4) is 0 Å². The summed E-state index contributed by atoms with van der Waals surface area (Å²) in [6.07, 6.45) is 3.49. The highest BCUT2D eigenvalue weighted by atomic mass is 32.2. The Morgan fingerprint density at radius 3 is 2.40 bits per heavy atom. The molecule has 0 spiro atoms. The van der Waals surface area contributed by atoms with Crippen molar-refractivity contribution in [2.75, 3.05) is 6.54 Å². The third kappa shape index (κ3) is 5.13. The van der Waals surface area contributed by atoms with Gasteiger partial charge in [-0.3, -0.25) is 9.78 Å². The van der Waals surface area contributed by atoms with Crippen LogP contribution in [0.15, 0.2) is 53.7 Å². The lowest BCUT2D eigenvalue weighted by Gasteiger charge is -2.19. The number of rotatable bonds is 7. The van der Waals surface area contributed by atoms with Crippen LogP contribution >= 0.6 is 0 Å². The van der Waals surface area contributed by atoms with Gasteiger partial charge >= 0.3 is 0 Å². The fourth-order valence-electron chi connectivity index (χ4n) is 2.51. The molecule has 1 atom stereocenters. The number of pyridine rings is 1. The van der Waals surface area contributed by atoms with Crippen molar-refractivity contribution in [3.05, 3.63) is 59.9 Å². The van der Waals surface area contributed by atoms with Crippen molar-refractivity contribution in [2.24, 2.45) is 5.92 Å². The van der Waals surface area contributed by atoms with E-state index in [1.165, 1.54) is 6.20 Å². The van der Waals surface area contributed by atoms with Crippen molar-refractivity contribution in [1.82, 2.24) is 10.3 Å². The SMILES string of the molecule is Cc1ccc(S(=O)(=O)[C@@H](CNC(=O)CC(C)C)c2cccnc2)cc1. The molecule has 1 heterocycles. The van der Waals surface area contributed by atoms with Gasteiger partial charge in [0.1, 0.15) is 5.25 Å². The second-order valence-corrected chi connectivity index (χ2v) is 8.67. The Bertz CT molecular complexity index is 800. The predicted octanol–water partition coefficient (Wildman–Crippen LogP) is 3.07. The lowest BCUT2D eigenvalue weighted by molar-refractivity contribution is -0.121. The summed E-state index contributed by atoms with van der Waals surface area (Å²) < 4.78 is 26.2. The number of aryl methyl sites for hydroxylation is 1. The van der Waals surface area contributed by atoms with Gasteiger partial charge in [0, 0.05) is 25.4 Å². The molecule has 0 aliphatic carbocycles. The van der Waals surface area contributed by atoms with Crippen LogP contribution in [-0.2, 0) is 14.6 Å². The van der Waals surface area contributed by atoms with E-state index in [1.54, 1.807) is 42.6 Å². The average Bonchev–Trinajstić information content (AvgIpc) is 2.55. The van der Waals surface area contributed by atoms with Crippen LogP contribution in [-0.4, -0.2) is 25.9 Å². The number of nitrogens with one attached hydrogen (secondary N) is 1. The molecule has 0 fully saturated rings. The van der Waals surface area contributed by atoms with Gasteiger partial charge in [-0.2, -0.15) is 0 Å². The first-order chi connectivity index (χ1) is 11.8. The molecule has 5 nitrogen and oxygen atoms in total. The van der Waals surface area contributed by atoms with Gasteiger partial charge in [-0.15, -0.1) is 0 Å². The van der Waals surface area contributed by atoms with E-state index < -0.39 is 15.1 Å². The third-order valence-electron chi connectivity index (χ3n) is 3.86. The van der Waals surface area contributed by atoms with E-state index in [9.17, 15) is 13.2 Å². The van der Waals surface area contributed by atoms with E-state index in [1.807, 2.05) is 20.8 Å². The first kappa shape index (κ1) is 19.1. The van der Waals surface area contributed by atoms with Crippen molar-refractivity contribution in [1.29, 1.82) is 0 Å². The van der Waals surface area contributed by atoms with Crippen LogP contribution in [0, 0.1) is 12.8 Å². The maximum atomic E-state index is 13.1. The second-order valence-electron chi connectivity index (χ2n) is 6.54. The van der Waals surface area contributed by atoms with Crippen molar-refractivity contribution in [3.8, 4) is 0 Å². The van der Waals surface area contributed by atoms with E-state index in [4.69, 9.17) is 0 Å². The molecule has 0 bridgehead atoms. The highest BCUT2D eigenvalue weighted by Gasteiger charge is 2.29. The zero-order valence-electron chi connectivity index (χ0n) is 14.8. The first-order valence-electron chi connectivity index (χ1n) is 8.28. The largest absolute Gasteiger partial charge is 0.354 e. The van der Waals surface area contributed by atoms with Crippen LogP contribution in [0.2, 0.25) is 0 Å². The minimum Gasteiger partial charge on any atom is -0.354 e. The maximum Gasteiger partial charge on any atom is 0.220 e. The number of sulfone groups is 1. The molecule has 0 aliphatic rings. The number of aromatic nitrogens is 1. The molecule has 1 aromatic carbocycles. The Hall–Kier alpha value is -2.21. The van der Waals surface area contributed by atoms with E-state index in [0.29, 0.717) is 12.0 Å². The van der Waals surface area contributed by atoms with Gasteiger partial charge in [0.2, 0.25) is 5.91 Å². The monoisotopic (exact) mass is 360 g/mol. The highest BCUT2D eigenvalue weighted by molar-refractivity contribution is 7.91. The van der Waals surface area contributed by atoms with Gasteiger partial charge in [0.25, 0.3) is 0 Å². The molecule has 0 radical (unpaired) electrons. The molecule has 25 heavy (non-hydrogen) atoms. The van der Waals surface area contributed by atoms with Crippen LogP contribution in [0.1, 0.15) is 36.6 Å². The number of carbonyl (C=O) groups excluding carboxylic acids is 1. The Balaban J connectivity index is 2.31. The molecular weight excluding hydrogens is 336 g/mol. The van der Waals surface area contributed by atoms with Crippen molar-refractivity contribution in [2.45, 2.75) is 37.3 Å². The summed E-state index contributed by atoms with van der Waals surface area (Å²) in [4.78, 5) is 16.2. The van der Waals surface area contributed by atoms with E-state index >= 15 is 0 Å². The Morgan fingerprint density at radius 1 is 1.16 bits per heavy atom. The standard InChI is InChI=1S/C19H24N2O3S/c1-14(2)11-19(22)21-13-18(16-5-4-10-20-12-16)25(23,24)17-8-6-15(3)7-9-17/h4-10,12,14,18H,11,13H2,1-3H3,(H,21,22)/t18-/m0/s1. The van der Waals surface area contributed by atoms with Crippen molar-refractivity contribution < 1.29 is 13.2 Å². The molecule has 2 aromatic rings. The number of hydrogen-bond acceptors (Lipinski definition) is 4. The van der Waals surface area contributed by atoms with Crippen LogP contribution < -0.4 is 5.32 Å². The van der Waals surface area contributed by atoms with E-state index in [0.717, 1.165) is 5.56 Å². The zero-order chi connectivity index (χ0) is 18.4. The smallest absolute Gasteiger partial charge is 0.220 e. The summed E-state index contributed by atoms with van der Waals surface area (Å²) >= 11 is 0. The molecule has 0 saturated heterocycles. The number of amides is 1. The second kappa shape index (κ2) is 8.25. The molecule has 6 heteroatoms. The molecule has 1 aromatic heterocycles. The van der Waals surface area contributed by atoms with Gasteiger partial charge < -0.3 is 5.32 Å². The van der Waals surface area contributed by atoms with Crippen LogP contribution in [0.25, 0.3) is 0 Å². The third-order valence-corrected chi connectivity index (χ3v) is 5.98. The minimum absolute atomic E-state index is 0.0213. The molecule has 0 unspecified atom stereocenters. The molecule has 2 rings (SSSR count). The van der Waals surface area contributed by atoms with Gasteiger partial charge in [0.15, 0.2) is 9.84 Å². The van der Waals surface area contributed by atoms with Crippen molar-refractivity contribution in [3.63, 3.8) is 0 Å². The molecular formula is C19H24N2O3S. The van der Waals surface area contributed by atoms with E-state index in [-0.39, 0.29) is 23.3 Å². The number of carbonyl (C=O) groups is 1. The summed E-state index contributed by atoms with van der Waals surface area (Å²) in [5, 5.41) is 1.88. The quantitative estimate of drug-likeness (QED) is 0.823. The summed E-state index contributed by atoms with van der Waals surface area (Å²) in [7, 11) is -3.65. The molecule has 0 aliphatic heterocycles. The normalized spacial score (nSPS) is 12.8. The van der Waals surface area contributed by atoms with Gasteiger partial charge in [-0.1, -0.05) is 37.6 Å². The number of nitrogens with zero attached hydrogens (tertiary/aromatic N) is 1. The summed E-state index contributed by atoms with van der Waals surface area (Å²) in [6.45, 7) is 5.82. The topological polar surface area (TPSA) is 76.1 Å². The Labute approximate surface area is 149 Å². The maximum absolute atomic E-state index is 13.1. The molecule has 134 valence electrons. The Kier molecular flexibility index (Phi) is 6.31. The average molecular weight is 360 g/mol. The fourth-order valence-corrected chi connectivity index (χ4v) is 4.16. The summed E-state index contributed by atoms with van der Waals surface area (Å²) in [6, 6.07) is 10.2. The van der Waals surface area contributed by atoms with E-state index in [2.05, 4.69) is 10.3 Å². The molecule has 0 saturated carbocycles. The van der Waals surface area contributed by atoms with Crippen molar-refractivity contribution >= 4 is 15.7 Å². The fraction of sp³-hybridized carbons (Fsp3) is 0.368.